The van der Waals surface area contributed by atoms with Crippen LogP contribution in [0.4, 0.5) is 0 Å². The Morgan fingerprint density at radius 3 is 1.15 bits per heavy atom. The number of quaternary nitrogens is 1. The molecule has 0 saturated carbocycles. The second kappa shape index (κ2) is 53.5. The van der Waals surface area contributed by atoms with E-state index in [0.29, 0.717) is 17.4 Å². The Labute approximate surface area is 442 Å². The lowest BCUT2D eigenvalue weighted by molar-refractivity contribution is -0.870. The van der Waals surface area contributed by atoms with E-state index in [2.05, 4.69) is 43.5 Å². The molecule has 0 aromatic heterocycles. The van der Waals surface area contributed by atoms with Gasteiger partial charge in [-0.15, -0.1) is 0 Å². The fraction of sp³-hybridized carbons (Fsp3) is 0.887. The number of likely N-dealkylation sites (N-methyl/N-ethyl adjacent to an activating group) is 1. The summed E-state index contributed by atoms with van der Waals surface area (Å²) in [7, 11) is 1.58. The fourth-order valence-corrected chi connectivity index (χ4v) is 9.99. The molecule has 9 heteroatoms. The number of nitrogens with one attached hydrogen (secondary N) is 1. The summed E-state index contributed by atoms with van der Waals surface area (Å²) in [6, 6.07) is -0.847. The van der Waals surface area contributed by atoms with Gasteiger partial charge in [0.25, 0.3) is 0 Å². The van der Waals surface area contributed by atoms with E-state index in [0.717, 1.165) is 44.9 Å². The Balaban J connectivity index is 4.13. The van der Waals surface area contributed by atoms with Gasteiger partial charge in [0.1, 0.15) is 13.2 Å². The van der Waals surface area contributed by atoms with Crippen molar-refractivity contribution in [3.63, 3.8) is 0 Å². The zero-order valence-electron chi connectivity index (χ0n) is 48.0. The Kier molecular flexibility index (Phi) is 52.6. The summed E-state index contributed by atoms with van der Waals surface area (Å²) in [5.41, 5.74) is 0. The van der Waals surface area contributed by atoms with Gasteiger partial charge in [-0.05, 0) is 51.4 Å². The number of carbonyl (C=O) groups is 1. The maximum absolute atomic E-state index is 13.0. The van der Waals surface area contributed by atoms with Crippen molar-refractivity contribution in [1.82, 2.24) is 5.32 Å². The first kappa shape index (κ1) is 69.7. The van der Waals surface area contributed by atoms with Gasteiger partial charge in [-0.3, -0.25) is 13.8 Å². The molecular formula is C62H122N2O6P+. The smallest absolute Gasteiger partial charge is 0.387 e. The second-order valence-electron chi connectivity index (χ2n) is 22.4. The second-order valence-corrected chi connectivity index (χ2v) is 23.9. The number of amides is 1. The number of allylic oxidation sites excluding steroid dienone is 5. The van der Waals surface area contributed by atoms with Gasteiger partial charge in [0.05, 0.1) is 39.9 Å². The Bertz CT molecular complexity index is 1250. The van der Waals surface area contributed by atoms with Crippen molar-refractivity contribution >= 4 is 13.7 Å². The van der Waals surface area contributed by atoms with Gasteiger partial charge in [-0.1, -0.05) is 281 Å². The number of aliphatic hydroxyl groups is 1. The molecule has 3 unspecified atom stereocenters. The van der Waals surface area contributed by atoms with Crippen LogP contribution in [0.1, 0.15) is 303 Å². The number of hydrogen-bond acceptors (Lipinski definition) is 5. The maximum atomic E-state index is 13.0. The number of nitrogens with zero attached hydrogens (tertiary/aromatic N) is 1. The van der Waals surface area contributed by atoms with E-state index in [9.17, 15) is 19.4 Å². The number of aliphatic hydroxyl groups excluding tert-OH is 1. The molecule has 0 spiro atoms. The van der Waals surface area contributed by atoms with Crippen molar-refractivity contribution < 1.29 is 32.9 Å². The SMILES string of the molecule is CCCCCCCCCCC/C=C\C/C=C\CCCCCCCCCCCCCCCC(=O)NC(COP(=O)(O)OCC[N+](C)(C)C)C(O)/C=C/CCCCCCCCCCCCCCCCCCCC. The van der Waals surface area contributed by atoms with Crippen molar-refractivity contribution in [2.45, 2.75) is 315 Å². The molecule has 0 bridgehead atoms. The number of hydrogen-bond donors (Lipinski definition) is 3. The van der Waals surface area contributed by atoms with E-state index in [1.54, 1.807) is 6.08 Å². The summed E-state index contributed by atoms with van der Waals surface area (Å²) in [5.74, 6) is -0.174. The van der Waals surface area contributed by atoms with Crippen LogP contribution in [0.15, 0.2) is 36.5 Å². The van der Waals surface area contributed by atoms with Crippen molar-refractivity contribution in [2.24, 2.45) is 0 Å². The van der Waals surface area contributed by atoms with Crippen molar-refractivity contribution in [2.75, 3.05) is 40.9 Å². The Hall–Kier alpha value is -1.28. The molecule has 0 aromatic carbocycles. The van der Waals surface area contributed by atoms with Crippen LogP contribution < -0.4 is 5.32 Å². The molecular weight excluding hydrogens is 900 g/mol. The molecule has 0 fully saturated rings. The summed E-state index contributed by atoms with van der Waals surface area (Å²) in [6.07, 6.45) is 69.7. The van der Waals surface area contributed by atoms with E-state index in [-0.39, 0.29) is 19.1 Å². The zero-order valence-corrected chi connectivity index (χ0v) is 48.9. The molecule has 0 rings (SSSR count). The number of carbonyl (C=O) groups excluding carboxylic acids is 1. The largest absolute Gasteiger partial charge is 0.472 e. The number of phosphoric ester groups is 1. The summed E-state index contributed by atoms with van der Waals surface area (Å²) in [5, 5.41) is 14.0. The molecule has 0 aliphatic carbocycles. The molecule has 1 amide bonds. The van der Waals surface area contributed by atoms with Crippen LogP contribution in [0.3, 0.4) is 0 Å². The van der Waals surface area contributed by atoms with Crippen LogP contribution in [0.2, 0.25) is 0 Å². The fourth-order valence-electron chi connectivity index (χ4n) is 9.25. The lowest BCUT2D eigenvalue weighted by Gasteiger charge is -2.25. The number of rotatable bonds is 57. The molecule has 71 heavy (non-hydrogen) atoms. The molecule has 420 valence electrons. The van der Waals surface area contributed by atoms with E-state index in [1.807, 2.05) is 27.2 Å². The molecule has 0 heterocycles. The van der Waals surface area contributed by atoms with E-state index < -0.39 is 20.0 Å². The normalized spacial score (nSPS) is 14.1. The minimum Gasteiger partial charge on any atom is -0.387 e. The predicted octanol–water partition coefficient (Wildman–Crippen LogP) is 18.9. The van der Waals surface area contributed by atoms with Crippen LogP contribution in [-0.2, 0) is 18.4 Å². The van der Waals surface area contributed by atoms with Crippen molar-refractivity contribution in [3.05, 3.63) is 36.5 Å². The van der Waals surface area contributed by atoms with Gasteiger partial charge in [0, 0.05) is 6.42 Å². The first-order chi connectivity index (χ1) is 34.5. The quantitative estimate of drug-likeness (QED) is 0.0243. The first-order valence-corrected chi connectivity index (χ1v) is 32.4. The third kappa shape index (κ3) is 56.3. The monoisotopic (exact) mass is 1020 g/mol. The third-order valence-electron chi connectivity index (χ3n) is 14.1. The van der Waals surface area contributed by atoms with E-state index in [1.165, 1.54) is 238 Å². The van der Waals surface area contributed by atoms with Crippen LogP contribution >= 0.6 is 7.82 Å². The van der Waals surface area contributed by atoms with E-state index >= 15 is 0 Å². The Morgan fingerprint density at radius 2 is 0.803 bits per heavy atom. The lowest BCUT2D eigenvalue weighted by atomic mass is 10.0. The van der Waals surface area contributed by atoms with Crippen LogP contribution in [0.25, 0.3) is 0 Å². The minimum absolute atomic E-state index is 0.0623. The molecule has 3 atom stereocenters. The van der Waals surface area contributed by atoms with E-state index in [4.69, 9.17) is 9.05 Å². The summed E-state index contributed by atoms with van der Waals surface area (Å²) < 4.78 is 23.7. The predicted molar refractivity (Wildman–Crippen MR) is 309 cm³/mol. The van der Waals surface area contributed by atoms with Gasteiger partial charge >= 0.3 is 7.82 Å². The highest BCUT2D eigenvalue weighted by Gasteiger charge is 2.27. The molecule has 0 radical (unpaired) electrons. The van der Waals surface area contributed by atoms with Gasteiger partial charge < -0.3 is 19.8 Å². The molecule has 0 saturated heterocycles. The maximum Gasteiger partial charge on any atom is 0.472 e. The van der Waals surface area contributed by atoms with Gasteiger partial charge in [0.2, 0.25) is 5.91 Å². The Morgan fingerprint density at radius 1 is 0.479 bits per heavy atom. The van der Waals surface area contributed by atoms with Gasteiger partial charge in [-0.25, -0.2) is 4.57 Å². The average molecular weight is 1020 g/mol. The summed E-state index contributed by atoms with van der Waals surface area (Å²) >= 11 is 0. The molecule has 3 N–H and O–H groups in total. The average Bonchev–Trinajstić information content (AvgIpc) is 3.33. The van der Waals surface area contributed by atoms with Crippen molar-refractivity contribution in [3.8, 4) is 0 Å². The zero-order chi connectivity index (χ0) is 52.0. The lowest BCUT2D eigenvalue weighted by Crippen LogP contribution is -2.45. The topological polar surface area (TPSA) is 105 Å². The summed E-state index contributed by atoms with van der Waals surface area (Å²) in [4.78, 5) is 23.3. The van der Waals surface area contributed by atoms with Crippen LogP contribution in [0.5, 0.6) is 0 Å². The summed E-state index contributed by atoms with van der Waals surface area (Å²) in [6.45, 7) is 4.86. The molecule has 0 aliphatic heterocycles. The molecule has 8 nitrogen and oxygen atoms in total. The molecule has 0 aromatic rings. The highest BCUT2D eigenvalue weighted by Crippen LogP contribution is 2.43. The standard InChI is InChI=1S/C62H121N2O6P/c1-6-8-10-12-14-16-18-20-22-24-26-28-29-30-31-32-33-34-35-36-38-40-42-44-46-48-50-52-54-56-62(66)63-60(59-70-71(67,68)69-58-57-64(3,4)5)61(65)55-53-51-49-47-45-43-41-39-37-27-25-23-21-19-17-15-13-11-9-7-2/h26,28,30-31,53,55,60-61,65H,6-25,27,29,32-52,54,56-59H2,1-5H3,(H-,63,66,67,68)/p+1/b28-26-,31-30-,55-53+. The van der Waals surface area contributed by atoms with Gasteiger partial charge in [0.15, 0.2) is 0 Å². The van der Waals surface area contributed by atoms with Gasteiger partial charge in [-0.2, -0.15) is 0 Å². The number of unbranched alkanes of at least 4 members (excludes halogenated alkanes) is 40. The van der Waals surface area contributed by atoms with Crippen molar-refractivity contribution in [1.29, 1.82) is 0 Å². The highest BCUT2D eigenvalue weighted by molar-refractivity contribution is 7.47. The minimum atomic E-state index is -4.35. The van der Waals surface area contributed by atoms with Crippen LogP contribution in [-0.4, -0.2) is 73.4 Å². The molecule has 0 aliphatic rings. The number of phosphoric acid groups is 1. The first-order valence-electron chi connectivity index (χ1n) is 30.9. The van der Waals surface area contributed by atoms with Crippen LogP contribution in [0, 0.1) is 0 Å². The third-order valence-corrected chi connectivity index (χ3v) is 15.1. The highest BCUT2D eigenvalue weighted by atomic mass is 31.2.